The lowest BCUT2D eigenvalue weighted by molar-refractivity contribution is -0.146. The first kappa shape index (κ1) is 19.8. The van der Waals surface area contributed by atoms with E-state index in [4.69, 9.17) is 0 Å². The normalized spacial score (nSPS) is 50.7. The molecule has 4 fully saturated rings. The van der Waals surface area contributed by atoms with Gasteiger partial charge in [0.25, 0.3) is 0 Å². The third kappa shape index (κ3) is 2.89. The molecule has 8 atom stereocenters. The summed E-state index contributed by atoms with van der Waals surface area (Å²) in [5.74, 6) is 2.79. The van der Waals surface area contributed by atoms with Crippen molar-refractivity contribution in [3.05, 3.63) is 41.5 Å². The summed E-state index contributed by atoms with van der Waals surface area (Å²) in [6, 6.07) is 10.5. The van der Waals surface area contributed by atoms with Crippen LogP contribution in [0.5, 0.6) is 0 Å². The van der Waals surface area contributed by atoms with Gasteiger partial charge in [-0.25, -0.2) is 0 Å². The van der Waals surface area contributed by atoms with Gasteiger partial charge in [-0.15, -0.1) is 0 Å². The van der Waals surface area contributed by atoms with Crippen LogP contribution in [-0.4, -0.2) is 21.9 Å². The van der Waals surface area contributed by atoms with Gasteiger partial charge in [-0.05, 0) is 104 Å². The van der Waals surface area contributed by atoms with Crippen LogP contribution in [0.1, 0.15) is 77.7 Å². The molecule has 5 rings (SSSR count). The molecule has 0 saturated heterocycles. The highest BCUT2D eigenvalue weighted by Gasteiger charge is 2.63. The van der Waals surface area contributed by atoms with Crippen molar-refractivity contribution >= 4 is 6.08 Å². The highest BCUT2D eigenvalue weighted by atomic mass is 16.3. The highest BCUT2D eigenvalue weighted by Crippen LogP contribution is 2.68. The molecule has 4 aliphatic carbocycles. The minimum absolute atomic E-state index is 0.0915. The van der Waals surface area contributed by atoms with Gasteiger partial charge in [0, 0.05) is 0 Å². The van der Waals surface area contributed by atoms with E-state index in [1.165, 1.54) is 36.8 Å². The molecule has 0 bridgehead atoms. The predicted molar refractivity (Wildman–Crippen MR) is 118 cm³/mol. The average Bonchev–Trinajstić information content (AvgIpc) is 2.93. The molecule has 29 heavy (non-hydrogen) atoms. The Morgan fingerprint density at radius 1 is 0.931 bits per heavy atom. The van der Waals surface area contributed by atoms with E-state index < -0.39 is 5.60 Å². The van der Waals surface area contributed by atoms with E-state index in [2.05, 4.69) is 57.2 Å². The molecule has 0 aromatic heterocycles. The number of aliphatic hydroxyl groups excluding tert-OH is 1. The maximum absolute atomic E-state index is 11.1. The van der Waals surface area contributed by atoms with Crippen LogP contribution in [0.2, 0.25) is 0 Å². The molecular weight excluding hydrogens is 356 g/mol. The molecule has 1 aromatic carbocycles. The van der Waals surface area contributed by atoms with Crippen molar-refractivity contribution in [1.82, 2.24) is 0 Å². The summed E-state index contributed by atoms with van der Waals surface area (Å²) in [5.41, 5.74) is 2.33. The second-order valence-electron chi connectivity index (χ2n) is 11.5. The summed E-state index contributed by atoms with van der Waals surface area (Å²) in [6.07, 6.45) is 11.1. The summed E-state index contributed by atoms with van der Waals surface area (Å²) < 4.78 is 0. The van der Waals surface area contributed by atoms with Crippen LogP contribution in [0, 0.1) is 34.5 Å². The van der Waals surface area contributed by atoms with Gasteiger partial charge >= 0.3 is 0 Å². The molecule has 0 amide bonds. The number of hydrogen-bond acceptors (Lipinski definition) is 2. The minimum Gasteiger partial charge on any atom is -0.390 e. The predicted octanol–water partition coefficient (Wildman–Crippen LogP) is 5.83. The van der Waals surface area contributed by atoms with Gasteiger partial charge in [0.1, 0.15) is 0 Å². The van der Waals surface area contributed by atoms with Crippen LogP contribution in [0.25, 0.3) is 6.08 Å². The van der Waals surface area contributed by atoms with Crippen molar-refractivity contribution in [3.8, 4) is 0 Å². The topological polar surface area (TPSA) is 40.5 Å². The zero-order chi connectivity index (χ0) is 20.4. The minimum atomic E-state index is -0.498. The van der Waals surface area contributed by atoms with Crippen molar-refractivity contribution in [3.63, 3.8) is 0 Å². The molecule has 158 valence electrons. The van der Waals surface area contributed by atoms with Crippen LogP contribution < -0.4 is 0 Å². The van der Waals surface area contributed by atoms with Crippen molar-refractivity contribution < 1.29 is 10.2 Å². The molecule has 0 radical (unpaired) electrons. The lowest BCUT2D eigenvalue weighted by atomic mass is 9.44. The number of fused-ring (bicyclic) bond motifs is 5. The third-order valence-electron chi connectivity index (χ3n) is 10.3. The van der Waals surface area contributed by atoms with Gasteiger partial charge in [0.2, 0.25) is 0 Å². The fourth-order valence-electron chi connectivity index (χ4n) is 8.33. The van der Waals surface area contributed by atoms with Crippen LogP contribution in [0.3, 0.4) is 0 Å². The van der Waals surface area contributed by atoms with Gasteiger partial charge in [0.15, 0.2) is 0 Å². The maximum atomic E-state index is 11.1. The van der Waals surface area contributed by atoms with Crippen LogP contribution in [0.4, 0.5) is 0 Å². The maximum Gasteiger partial charge on any atom is 0.0756 e. The quantitative estimate of drug-likeness (QED) is 0.629. The van der Waals surface area contributed by atoms with E-state index >= 15 is 0 Å². The monoisotopic (exact) mass is 394 g/mol. The van der Waals surface area contributed by atoms with Crippen LogP contribution >= 0.6 is 0 Å². The molecule has 0 spiro atoms. The Morgan fingerprint density at radius 3 is 2.41 bits per heavy atom. The SMILES string of the molecule is C[C@]12C/C(=C\c3ccccc3)[C@H](O)C[C@H]1CC[C@@H]1[C@@H]2CC[C@@]2(C)[C@H]1CC[C@]2(C)O. The van der Waals surface area contributed by atoms with Gasteiger partial charge in [-0.3, -0.25) is 0 Å². The molecule has 4 saturated carbocycles. The first-order chi connectivity index (χ1) is 13.7. The standard InChI is InChI=1S/C27H38O2/c1-25-17-19(15-18-7-5-4-6-8-18)24(28)16-20(25)9-10-21-22(25)11-13-26(2)23(21)12-14-27(26,3)29/h4-8,15,20-24,28-29H,9-14,16-17H2,1-3H3/b19-15+/t20-,21-,22+,23+,24-,25+,26+,27+/m1/s1. The summed E-state index contributed by atoms with van der Waals surface area (Å²) in [6.45, 7) is 7.01. The second kappa shape index (κ2) is 6.69. The van der Waals surface area contributed by atoms with Crippen molar-refractivity contribution in [2.75, 3.05) is 0 Å². The smallest absolute Gasteiger partial charge is 0.0756 e. The number of aliphatic hydroxyl groups is 2. The van der Waals surface area contributed by atoms with Gasteiger partial charge in [-0.1, -0.05) is 50.3 Å². The fraction of sp³-hybridized carbons (Fsp3) is 0.704. The van der Waals surface area contributed by atoms with E-state index in [9.17, 15) is 10.2 Å². The number of benzene rings is 1. The van der Waals surface area contributed by atoms with Gasteiger partial charge in [-0.2, -0.15) is 0 Å². The van der Waals surface area contributed by atoms with E-state index in [-0.39, 0.29) is 11.5 Å². The largest absolute Gasteiger partial charge is 0.390 e. The molecule has 2 nitrogen and oxygen atoms in total. The van der Waals surface area contributed by atoms with Crippen LogP contribution in [-0.2, 0) is 0 Å². The number of hydrogen-bond donors (Lipinski definition) is 2. The summed E-state index contributed by atoms with van der Waals surface area (Å²) in [7, 11) is 0. The zero-order valence-corrected chi connectivity index (χ0v) is 18.4. The Kier molecular flexibility index (Phi) is 4.57. The molecule has 2 N–H and O–H groups in total. The van der Waals surface area contributed by atoms with E-state index in [1.807, 2.05) is 0 Å². The Bertz CT molecular complexity index is 796. The molecule has 4 aliphatic rings. The first-order valence-corrected chi connectivity index (χ1v) is 11.9. The molecule has 0 heterocycles. The lowest BCUT2D eigenvalue weighted by Gasteiger charge is -2.61. The summed E-state index contributed by atoms with van der Waals surface area (Å²) in [5, 5.41) is 22.1. The van der Waals surface area contributed by atoms with E-state index in [0.717, 1.165) is 37.5 Å². The Morgan fingerprint density at radius 2 is 1.66 bits per heavy atom. The lowest BCUT2D eigenvalue weighted by Crippen LogP contribution is -2.56. The Labute approximate surface area is 176 Å². The van der Waals surface area contributed by atoms with E-state index in [1.54, 1.807) is 0 Å². The molecule has 1 aromatic rings. The van der Waals surface area contributed by atoms with Crippen LogP contribution in [0.15, 0.2) is 35.9 Å². The Balaban J connectivity index is 1.46. The molecular formula is C27H38O2. The summed E-state index contributed by atoms with van der Waals surface area (Å²) >= 11 is 0. The fourth-order valence-corrected chi connectivity index (χ4v) is 8.33. The first-order valence-electron chi connectivity index (χ1n) is 11.9. The molecule has 0 unspecified atom stereocenters. The van der Waals surface area contributed by atoms with Crippen molar-refractivity contribution in [1.29, 1.82) is 0 Å². The van der Waals surface area contributed by atoms with E-state index in [0.29, 0.717) is 17.3 Å². The summed E-state index contributed by atoms with van der Waals surface area (Å²) in [4.78, 5) is 0. The highest BCUT2D eigenvalue weighted by molar-refractivity contribution is 5.54. The second-order valence-corrected chi connectivity index (χ2v) is 11.5. The van der Waals surface area contributed by atoms with Crippen molar-refractivity contribution in [2.24, 2.45) is 34.5 Å². The average molecular weight is 395 g/mol. The van der Waals surface area contributed by atoms with Gasteiger partial charge < -0.3 is 10.2 Å². The molecule has 0 aliphatic heterocycles. The van der Waals surface area contributed by atoms with Crippen molar-refractivity contribution in [2.45, 2.75) is 83.8 Å². The Hall–Kier alpha value is -1.12. The van der Waals surface area contributed by atoms with Gasteiger partial charge in [0.05, 0.1) is 11.7 Å². The zero-order valence-electron chi connectivity index (χ0n) is 18.4. The number of rotatable bonds is 1. The third-order valence-corrected chi connectivity index (χ3v) is 10.3. The molecule has 2 heteroatoms.